The third-order valence-electron chi connectivity index (χ3n) is 3.44. The first-order valence-electron chi connectivity index (χ1n) is 6.53. The molecule has 0 amide bonds. The summed E-state index contributed by atoms with van der Waals surface area (Å²) in [6, 6.07) is 8.69. The number of thioether (sulfide) groups is 1. The highest BCUT2D eigenvalue weighted by Crippen LogP contribution is 2.11. The highest BCUT2D eigenvalue weighted by Gasteiger charge is 2.15. The molecule has 0 atom stereocenters. The Balaban J connectivity index is 1.80. The van der Waals surface area contributed by atoms with Gasteiger partial charge in [0.25, 0.3) is 0 Å². The molecule has 1 heterocycles. The van der Waals surface area contributed by atoms with E-state index >= 15 is 0 Å². The smallest absolute Gasteiger partial charge is 0.0442 e. The van der Waals surface area contributed by atoms with E-state index in [1.807, 2.05) is 11.8 Å². The number of benzene rings is 1. The van der Waals surface area contributed by atoms with E-state index in [4.69, 9.17) is 5.73 Å². The molecule has 0 radical (unpaired) electrons. The molecule has 0 unspecified atom stereocenters. The van der Waals surface area contributed by atoms with Gasteiger partial charge in [0.15, 0.2) is 0 Å². The Kier molecular flexibility index (Phi) is 5.50. The number of piperazine rings is 1. The average Bonchev–Trinajstić information content (AvgIpc) is 2.42. The zero-order chi connectivity index (χ0) is 12.8. The average molecular weight is 265 g/mol. The van der Waals surface area contributed by atoms with Crippen LogP contribution in [0, 0.1) is 0 Å². The minimum absolute atomic E-state index is 0.633. The summed E-state index contributed by atoms with van der Waals surface area (Å²) < 4.78 is 0. The van der Waals surface area contributed by atoms with Crippen LogP contribution in [-0.4, -0.2) is 48.1 Å². The number of hydrogen-bond donors (Lipinski definition) is 1. The van der Waals surface area contributed by atoms with Crippen LogP contribution in [0.5, 0.6) is 0 Å². The van der Waals surface area contributed by atoms with Gasteiger partial charge < -0.3 is 5.73 Å². The highest BCUT2D eigenvalue weighted by atomic mass is 32.2. The van der Waals surface area contributed by atoms with Gasteiger partial charge in [-0.1, -0.05) is 24.3 Å². The van der Waals surface area contributed by atoms with Crippen LogP contribution in [0.3, 0.4) is 0 Å². The third-order valence-corrected chi connectivity index (χ3v) is 4.06. The molecule has 0 bridgehead atoms. The van der Waals surface area contributed by atoms with Crippen LogP contribution in [0.2, 0.25) is 0 Å². The Labute approximate surface area is 114 Å². The third kappa shape index (κ3) is 3.99. The van der Waals surface area contributed by atoms with Crippen molar-refractivity contribution < 1.29 is 0 Å². The molecule has 0 saturated carbocycles. The fraction of sp³-hybridized carbons (Fsp3) is 0.571. The predicted molar refractivity (Wildman–Crippen MR) is 79.6 cm³/mol. The van der Waals surface area contributed by atoms with E-state index in [0.717, 1.165) is 6.54 Å². The van der Waals surface area contributed by atoms with E-state index in [1.54, 1.807) is 0 Å². The van der Waals surface area contributed by atoms with E-state index < -0.39 is 0 Å². The van der Waals surface area contributed by atoms with E-state index in [-0.39, 0.29) is 0 Å². The lowest BCUT2D eigenvalue weighted by Crippen LogP contribution is -2.45. The minimum atomic E-state index is 0.633. The van der Waals surface area contributed by atoms with Gasteiger partial charge in [-0.2, -0.15) is 0 Å². The van der Waals surface area contributed by atoms with E-state index in [9.17, 15) is 0 Å². The molecule has 4 heteroatoms. The van der Waals surface area contributed by atoms with Gasteiger partial charge in [0.2, 0.25) is 0 Å². The lowest BCUT2D eigenvalue weighted by atomic mass is 10.1. The topological polar surface area (TPSA) is 32.5 Å². The highest BCUT2D eigenvalue weighted by molar-refractivity contribution is 7.98. The van der Waals surface area contributed by atoms with Crippen LogP contribution in [0.4, 0.5) is 0 Å². The summed E-state index contributed by atoms with van der Waals surface area (Å²) in [7, 11) is 0. The van der Waals surface area contributed by atoms with Crippen molar-refractivity contribution in [2.75, 3.05) is 38.3 Å². The van der Waals surface area contributed by atoms with Gasteiger partial charge in [0.1, 0.15) is 0 Å². The summed E-state index contributed by atoms with van der Waals surface area (Å²) in [6.45, 7) is 6.45. The molecule has 1 saturated heterocycles. The molecule has 0 aromatic heterocycles. The van der Waals surface area contributed by atoms with E-state index in [1.165, 1.54) is 43.2 Å². The Morgan fingerprint density at radius 3 is 2.11 bits per heavy atom. The fourth-order valence-corrected chi connectivity index (χ4v) is 2.92. The molecule has 2 N–H and O–H groups in total. The van der Waals surface area contributed by atoms with Crippen molar-refractivity contribution in [3.63, 3.8) is 0 Å². The van der Waals surface area contributed by atoms with Gasteiger partial charge in [-0.05, 0) is 17.4 Å². The maximum atomic E-state index is 5.61. The van der Waals surface area contributed by atoms with Crippen molar-refractivity contribution in [2.24, 2.45) is 5.73 Å². The summed E-state index contributed by atoms with van der Waals surface area (Å²) in [4.78, 5) is 5.06. The Bertz CT molecular complexity index is 345. The van der Waals surface area contributed by atoms with Gasteiger partial charge in [-0.15, -0.1) is 11.8 Å². The number of nitrogens with two attached hydrogens (primary N) is 1. The molecule has 100 valence electrons. The zero-order valence-corrected chi connectivity index (χ0v) is 12.0. The number of rotatable bonds is 5. The predicted octanol–water partition coefficient (Wildman–Crippen LogP) is 1.58. The maximum absolute atomic E-state index is 5.61. The molecule has 0 aliphatic carbocycles. The molecule has 1 fully saturated rings. The molecule has 1 aromatic carbocycles. The summed E-state index contributed by atoms with van der Waals surface area (Å²) in [5, 5.41) is 0. The second-order valence-electron chi connectivity index (χ2n) is 4.83. The van der Waals surface area contributed by atoms with Gasteiger partial charge >= 0.3 is 0 Å². The Morgan fingerprint density at radius 2 is 1.56 bits per heavy atom. The lowest BCUT2D eigenvalue weighted by molar-refractivity contribution is 0.143. The molecule has 18 heavy (non-hydrogen) atoms. The molecule has 2 rings (SSSR count). The molecule has 1 aliphatic rings. The van der Waals surface area contributed by atoms with Crippen molar-refractivity contribution in [3.05, 3.63) is 35.4 Å². The monoisotopic (exact) mass is 265 g/mol. The van der Waals surface area contributed by atoms with Crippen molar-refractivity contribution in [1.82, 2.24) is 9.80 Å². The molecule has 1 aliphatic heterocycles. The number of nitrogens with zero attached hydrogens (tertiary/aromatic N) is 2. The van der Waals surface area contributed by atoms with Crippen molar-refractivity contribution in [1.29, 1.82) is 0 Å². The quantitative estimate of drug-likeness (QED) is 0.876. The van der Waals surface area contributed by atoms with Crippen LogP contribution in [0.25, 0.3) is 0 Å². The second-order valence-corrected chi connectivity index (χ2v) is 5.67. The van der Waals surface area contributed by atoms with E-state index in [0.29, 0.717) is 6.54 Å². The summed E-state index contributed by atoms with van der Waals surface area (Å²) in [6.07, 6.45) is 2.17. The van der Waals surface area contributed by atoms with Crippen LogP contribution < -0.4 is 5.73 Å². The largest absolute Gasteiger partial charge is 0.326 e. The van der Waals surface area contributed by atoms with Crippen LogP contribution in [0.15, 0.2) is 24.3 Å². The lowest BCUT2D eigenvalue weighted by Gasteiger charge is -2.34. The fourth-order valence-electron chi connectivity index (χ4n) is 2.30. The summed E-state index contributed by atoms with van der Waals surface area (Å²) in [5.74, 6) is 1.17. The van der Waals surface area contributed by atoms with Crippen molar-refractivity contribution in [3.8, 4) is 0 Å². The Morgan fingerprint density at radius 1 is 1.00 bits per heavy atom. The molecule has 3 nitrogen and oxygen atoms in total. The maximum Gasteiger partial charge on any atom is 0.0442 e. The van der Waals surface area contributed by atoms with Crippen LogP contribution in [-0.2, 0) is 13.1 Å². The van der Waals surface area contributed by atoms with Gasteiger partial charge in [0, 0.05) is 45.1 Å². The first-order valence-corrected chi connectivity index (χ1v) is 7.92. The first kappa shape index (κ1) is 13.9. The van der Waals surface area contributed by atoms with Crippen LogP contribution >= 0.6 is 11.8 Å². The minimum Gasteiger partial charge on any atom is -0.326 e. The molecule has 1 aromatic rings. The standard InChI is InChI=1S/C14H23N3S/c1-18-12-17-8-6-16(7-9-17)11-14-4-2-13(10-15)3-5-14/h2-5H,6-12,15H2,1H3. The Hall–Kier alpha value is -0.550. The molecular weight excluding hydrogens is 242 g/mol. The summed E-state index contributed by atoms with van der Waals surface area (Å²) in [5.41, 5.74) is 8.22. The van der Waals surface area contributed by atoms with Crippen molar-refractivity contribution in [2.45, 2.75) is 13.1 Å². The number of hydrogen-bond acceptors (Lipinski definition) is 4. The molecular formula is C14H23N3S. The molecule has 0 spiro atoms. The van der Waals surface area contributed by atoms with Crippen molar-refractivity contribution >= 4 is 11.8 Å². The SMILES string of the molecule is CSCN1CCN(Cc2ccc(CN)cc2)CC1. The van der Waals surface area contributed by atoms with E-state index in [2.05, 4.69) is 40.3 Å². The van der Waals surface area contributed by atoms with Gasteiger partial charge in [-0.3, -0.25) is 9.80 Å². The van der Waals surface area contributed by atoms with Gasteiger partial charge in [-0.25, -0.2) is 0 Å². The first-order chi connectivity index (χ1) is 8.81. The second kappa shape index (κ2) is 7.14. The summed E-state index contributed by atoms with van der Waals surface area (Å²) >= 11 is 1.91. The van der Waals surface area contributed by atoms with Gasteiger partial charge in [0.05, 0.1) is 0 Å². The van der Waals surface area contributed by atoms with Crippen LogP contribution in [0.1, 0.15) is 11.1 Å². The zero-order valence-electron chi connectivity index (χ0n) is 11.1. The normalized spacial score (nSPS) is 18.1.